The van der Waals surface area contributed by atoms with Gasteiger partial charge < -0.3 is 9.15 Å². The van der Waals surface area contributed by atoms with Gasteiger partial charge >= 0.3 is 12.4 Å². The molecule has 1 heterocycles. The lowest BCUT2D eigenvalue weighted by Crippen LogP contribution is -1.98. The minimum atomic E-state index is -0.377. The highest BCUT2D eigenvalue weighted by Crippen LogP contribution is 1.93. The van der Waals surface area contributed by atoms with Crippen LogP contribution in [0.4, 0.5) is 0 Å². The average molecular weight is 141 g/mol. The fraction of sp³-hybridized carbons (Fsp3) is 0.400. The van der Waals surface area contributed by atoms with Gasteiger partial charge in [0.25, 0.3) is 5.89 Å². The molecule has 1 aromatic heterocycles. The molecule has 10 heavy (non-hydrogen) atoms. The molecule has 0 spiro atoms. The smallest absolute Gasteiger partial charge is 0.306 e. The Morgan fingerprint density at radius 3 is 3.20 bits per heavy atom. The molecule has 0 bridgehead atoms. The Kier molecular flexibility index (Phi) is 1.99. The highest BCUT2D eigenvalue weighted by Gasteiger charge is 1.99. The highest BCUT2D eigenvalue weighted by atomic mass is 16.5. The SMILES string of the molecule is CC(=O)OCc1nn[c]o1. The quantitative estimate of drug-likeness (QED) is 0.539. The molecule has 0 aromatic carbocycles. The van der Waals surface area contributed by atoms with Crippen LogP contribution in [0.2, 0.25) is 0 Å². The number of esters is 1. The summed E-state index contributed by atoms with van der Waals surface area (Å²) < 4.78 is 9.09. The number of hydrogen-bond acceptors (Lipinski definition) is 5. The Bertz CT molecular complexity index is 207. The first-order valence-corrected chi connectivity index (χ1v) is 2.61. The molecule has 0 atom stereocenters. The molecular formula is C5H5N2O3. The molecule has 0 fully saturated rings. The van der Waals surface area contributed by atoms with E-state index in [2.05, 4.69) is 25.7 Å². The van der Waals surface area contributed by atoms with Gasteiger partial charge in [-0.05, 0) is 0 Å². The fourth-order valence-electron chi connectivity index (χ4n) is 0.391. The largest absolute Gasteiger partial charge is 0.456 e. The third kappa shape index (κ3) is 1.85. The van der Waals surface area contributed by atoms with Crippen molar-refractivity contribution in [3.63, 3.8) is 0 Å². The maximum absolute atomic E-state index is 10.2. The van der Waals surface area contributed by atoms with Crippen molar-refractivity contribution >= 4 is 5.97 Å². The number of hydrogen-bond donors (Lipinski definition) is 0. The summed E-state index contributed by atoms with van der Waals surface area (Å²) in [6.45, 7) is 1.33. The maximum atomic E-state index is 10.2. The molecular weight excluding hydrogens is 136 g/mol. The first-order valence-electron chi connectivity index (χ1n) is 2.61. The van der Waals surface area contributed by atoms with Gasteiger partial charge in [-0.2, -0.15) is 0 Å². The topological polar surface area (TPSA) is 65.2 Å². The van der Waals surface area contributed by atoms with E-state index in [1.807, 2.05) is 0 Å². The van der Waals surface area contributed by atoms with Crippen LogP contribution in [0.3, 0.4) is 0 Å². The van der Waals surface area contributed by atoms with Gasteiger partial charge in [0.15, 0.2) is 6.61 Å². The van der Waals surface area contributed by atoms with Crippen LogP contribution in [0.1, 0.15) is 12.8 Å². The van der Waals surface area contributed by atoms with Gasteiger partial charge in [-0.25, -0.2) is 0 Å². The monoisotopic (exact) mass is 141 g/mol. The molecule has 0 unspecified atom stereocenters. The summed E-state index contributed by atoms with van der Waals surface area (Å²) in [6, 6.07) is 0. The average Bonchev–Trinajstić information content (AvgIpc) is 2.34. The number of carbonyl (C=O) groups is 1. The number of nitrogens with zero attached hydrogens (tertiary/aromatic N) is 2. The van der Waals surface area contributed by atoms with Gasteiger partial charge in [0.2, 0.25) is 0 Å². The van der Waals surface area contributed by atoms with Crippen LogP contribution >= 0.6 is 0 Å². The molecule has 5 heteroatoms. The summed E-state index contributed by atoms with van der Waals surface area (Å²) in [6.07, 6.45) is 2.13. The molecule has 0 N–H and O–H groups in total. The zero-order chi connectivity index (χ0) is 7.40. The van der Waals surface area contributed by atoms with Crippen LogP contribution in [0.25, 0.3) is 0 Å². The zero-order valence-corrected chi connectivity index (χ0v) is 5.33. The second-order valence-electron chi connectivity index (χ2n) is 1.57. The summed E-state index contributed by atoms with van der Waals surface area (Å²) in [5.74, 6) is -0.131. The van der Waals surface area contributed by atoms with Crippen molar-refractivity contribution in [2.24, 2.45) is 0 Å². The summed E-state index contributed by atoms with van der Waals surface area (Å²) >= 11 is 0. The second-order valence-corrected chi connectivity index (χ2v) is 1.57. The first kappa shape index (κ1) is 6.73. The highest BCUT2D eigenvalue weighted by molar-refractivity contribution is 5.65. The van der Waals surface area contributed by atoms with Crippen molar-refractivity contribution < 1.29 is 13.9 Å². The van der Waals surface area contributed by atoms with Crippen LogP contribution in [0.15, 0.2) is 4.42 Å². The molecule has 0 aliphatic heterocycles. The van der Waals surface area contributed by atoms with Crippen molar-refractivity contribution in [2.45, 2.75) is 13.5 Å². The van der Waals surface area contributed by atoms with Gasteiger partial charge in [-0.15, -0.1) is 10.2 Å². The van der Waals surface area contributed by atoms with E-state index in [4.69, 9.17) is 0 Å². The summed E-state index contributed by atoms with van der Waals surface area (Å²) in [5.41, 5.74) is 0. The molecule has 0 saturated carbocycles. The van der Waals surface area contributed by atoms with Crippen molar-refractivity contribution in [3.8, 4) is 0 Å². The van der Waals surface area contributed by atoms with Crippen molar-refractivity contribution in [2.75, 3.05) is 0 Å². The first-order chi connectivity index (χ1) is 4.79. The lowest BCUT2D eigenvalue weighted by molar-refractivity contribution is -0.142. The van der Waals surface area contributed by atoms with Gasteiger partial charge in [-0.1, -0.05) is 0 Å². The van der Waals surface area contributed by atoms with Gasteiger partial charge in [0.05, 0.1) is 0 Å². The lowest BCUT2D eigenvalue weighted by Gasteiger charge is -1.93. The van der Waals surface area contributed by atoms with Crippen molar-refractivity contribution in [1.29, 1.82) is 0 Å². The van der Waals surface area contributed by atoms with Crippen molar-refractivity contribution in [3.05, 3.63) is 12.3 Å². The van der Waals surface area contributed by atoms with Crippen LogP contribution in [0, 0.1) is 6.39 Å². The Morgan fingerprint density at radius 2 is 2.70 bits per heavy atom. The number of aromatic nitrogens is 2. The van der Waals surface area contributed by atoms with Crippen LogP contribution in [-0.4, -0.2) is 16.2 Å². The predicted octanol–water partition coefficient (Wildman–Crippen LogP) is -0.0671. The van der Waals surface area contributed by atoms with Crippen LogP contribution < -0.4 is 0 Å². The molecule has 53 valence electrons. The molecule has 0 saturated heterocycles. The van der Waals surface area contributed by atoms with E-state index in [1.165, 1.54) is 6.92 Å². The fourth-order valence-corrected chi connectivity index (χ4v) is 0.391. The van der Waals surface area contributed by atoms with E-state index in [1.54, 1.807) is 0 Å². The molecule has 1 aromatic rings. The predicted molar refractivity (Wildman–Crippen MR) is 28.6 cm³/mol. The van der Waals surface area contributed by atoms with Crippen LogP contribution in [0.5, 0.6) is 0 Å². The maximum Gasteiger partial charge on any atom is 0.306 e. The Morgan fingerprint density at radius 1 is 1.90 bits per heavy atom. The minimum Gasteiger partial charge on any atom is -0.456 e. The molecule has 1 rings (SSSR count). The summed E-state index contributed by atoms with van der Waals surface area (Å²) in [5, 5.41) is 6.71. The third-order valence-corrected chi connectivity index (χ3v) is 0.765. The lowest BCUT2D eigenvalue weighted by atomic mass is 10.7. The Hall–Kier alpha value is -1.39. The Labute approximate surface area is 57.0 Å². The summed E-state index contributed by atoms with van der Waals surface area (Å²) in [4.78, 5) is 10.2. The minimum absolute atomic E-state index is 0.0197. The number of ether oxygens (including phenoxy) is 1. The van der Waals surface area contributed by atoms with Gasteiger partial charge in [0.1, 0.15) is 0 Å². The summed E-state index contributed by atoms with van der Waals surface area (Å²) in [7, 11) is 0. The van der Waals surface area contributed by atoms with E-state index in [9.17, 15) is 4.79 Å². The van der Waals surface area contributed by atoms with Gasteiger partial charge in [-0.3, -0.25) is 4.79 Å². The molecule has 1 radical (unpaired) electrons. The Balaban J connectivity index is 2.35. The number of carbonyl (C=O) groups excluding carboxylic acids is 1. The number of rotatable bonds is 2. The normalized spacial score (nSPS) is 9.30. The van der Waals surface area contributed by atoms with Crippen molar-refractivity contribution in [1.82, 2.24) is 10.2 Å². The molecule has 0 aliphatic rings. The van der Waals surface area contributed by atoms with E-state index in [0.29, 0.717) is 0 Å². The van der Waals surface area contributed by atoms with Gasteiger partial charge in [0, 0.05) is 6.92 Å². The van der Waals surface area contributed by atoms with E-state index >= 15 is 0 Å². The standard InChI is InChI=1S/C5H5N2O3/c1-4(8)9-2-5-7-6-3-10-5/h2H2,1H3. The third-order valence-electron chi connectivity index (χ3n) is 0.765. The second kappa shape index (κ2) is 2.95. The molecule has 5 nitrogen and oxygen atoms in total. The van der Waals surface area contributed by atoms with Crippen LogP contribution in [-0.2, 0) is 16.1 Å². The molecule has 0 amide bonds. The zero-order valence-electron chi connectivity index (χ0n) is 5.33. The van der Waals surface area contributed by atoms with E-state index < -0.39 is 0 Å². The van der Waals surface area contributed by atoms with E-state index in [-0.39, 0.29) is 18.5 Å². The molecule has 0 aliphatic carbocycles. The van der Waals surface area contributed by atoms with E-state index in [0.717, 1.165) is 0 Å².